The Labute approximate surface area is 98.7 Å². The zero-order valence-electron chi connectivity index (χ0n) is 9.46. The van der Waals surface area contributed by atoms with Crippen molar-refractivity contribution in [3.05, 3.63) is 48.3 Å². The van der Waals surface area contributed by atoms with Crippen LogP contribution in [-0.2, 0) is 0 Å². The number of anilines is 1. The van der Waals surface area contributed by atoms with Crippen LogP contribution in [0.25, 0.3) is 16.6 Å². The molecule has 2 aromatic heterocycles. The maximum absolute atomic E-state index is 5.77. The fourth-order valence-electron chi connectivity index (χ4n) is 1.87. The molecule has 0 fully saturated rings. The van der Waals surface area contributed by atoms with Crippen LogP contribution in [0.15, 0.2) is 42.7 Å². The summed E-state index contributed by atoms with van der Waals surface area (Å²) in [5.74, 6) is 0.554. The Hall–Kier alpha value is -2.36. The van der Waals surface area contributed by atoms with E-state index in [0.29, 0.717) is 5.82 Å². The van der Waals surface area contributed by atoms with Crippen LogP contribution in [0.1, 0.15) is 5.56 Å². The smallest absolute Gasteiger partial charge is 0.148 e. The Morgan fingerprint density at radius 3 is 2.76 bits per heavy atom. The van der Waals surface area contributed by atoms with Gasteiger partial charge in [0.25, 0.3) is 0 Å². The highest BCUT2D eigenvalue weighted by molar-refractivity contribution is 5.86. The van der Waals surface area contributed by atoms with Crippen molar-refractivity contribution < 1.29 is 0 Å². The molecule has 3 aromatic rings. The third-order valence-electron chi connectivity index (χ3n) is 2.79. The van der Waals surface area contributed by atoms with E-state index in [1.807, 2.05) is 43.5 Å². The number of hydrogen-bond donors (Lipinski definition) is 1. The normalized spacial score (nSPS) is 10.9. The molecule has 2 heterocycles. The van der Waals surface area contributed by atoms with Crippen molar-refractivity contribution in [3.63, 3.8) is 0 Å². The van der Waals surface area contributed by atoms with Crippen molar-refractivity contribution in [1.82, 2.24) is 14.8 Å². The first-order chi connectivity index (χ1) is 8.25. The highest BCUT2D eigenvalue weighted by Crippen LogP contribution is 2.20. The number of para-hydroxylation sites is 1. The first kappa shape index (κ1) is 9.84. The summed E-state index contributed by atoms with van der Waals surface area (Å²) in [6.45, 7) is 1.94. The van der Waals surface area contributed by atoms with Gasteiger partial charge in [-0.25, -0.2) is 4.68 Å². The number of pyridine rings is 1. The fraction of sp³-hybridized carbons (Fsp3) is 0.0769. The van der Waals surface area contributed by atoms with Gasteiger partial charge < -0.3 is 5.73 Å². The first-order valence-electron chi connectivity index (χ1n) is 5.41. The van der Waals surface area contributed by atoms with Gasteiger partial charge in [-0.05, 0) is 19.1 Å². The number of aryl methyl sites for hydroxylation is 1. The lowest BCUT2D eigenvalue weighted by molar-refractivity contribution is 0.890. The van der Waals surface area contributed by atoms with Crippen LogP contribution in [0.5, 0.6) is 0 Å². The molecule has 0 atom stereocenters. The molecule has 4 nitrogen and oxygen atoms in total. The number of fused-ring (bicyclic) bond motifs is 1. The summed E-state index contributed by atoms with van der Waals surface area (Å²) in [6.07, 6.45) is 3.70. The Morgan fingerprint density at radius 1 is 1.18 bits per heavy atom. The number of benzene rings is 1. The number of nitrogens with zero attached hydrogens (tertiary/aromatic N) is 3. The van der Waals surface area contributed by atoms with Crippen molar-refractivity contribution in [1.29, 1.82) is 0 Å². The van der Waals surface area contributed by atoms with Crippen molar-refractivity contribution >= 4 is 16.7 Å². The molecule has 0 radical (unpaired) electrons. The van der Waals surface area contributed by atoms with Gasteiger partial charge >= 0.3 is 0 Å². The minimum Gasteiger partial charge on any atom is -0.382 e. The summed E-state index contributed by atoms with van der Waals surface area (Å²) < 4.78 is 1.78. The van der Waals surface area contributed by atoms with Crippen molar-refractivity contribution in [2.45, 2.75) is 6.92 Å². The molecule has 2 N–H and O–H groups in total. The molecular formula is C13H12N4. The summed E-state index contributed by atoms with van der Waals surface area (Å²) in [6, 6.07) is 9.97. The summed E-state index contributed by atoms with van der Waals surface area (Å²) >= 11 is 0. The van der Waals surface area contributed by atoms with Crippen LogP contribution in [0.2, 0.25) is 0 Å². The topological polar surface area (TPSA) is 56.7 Å². The average Bonchev–Trinajstić information content (AvgIpc) is 2.69. The van der Waals surface area contributed by atoms with Gasteiger partial charge in [0.05, 0.1) is 11.2 Å². The fourth-order valence-corrected chi connectivity index (χ4v) is 1.87. The minimum atomic E-state index is 0.554. The zero-order chi connectivity index (χ0) is 11.8. The highest BCUT2D eigenvalue weighted by atomic mass is 15.3. The SMILES string of the molecule is Cc1cn(-c2cccc3cccnc23)nc1N. The van der Waals surface area contributed by atoms with E-state index in [1.165, 1.54) is 0 Å². The van der Waals surface area contributed by atoms with E-state index in [2.05, 4.69) is 10.1 Å². The van der Waals surface area contributed by atoms with E-state index in [0.717, 1.165) is 22.2 Å². The number of nitrogen functional groups attached to an aromatic ring is 1. The Morgan fingerprint density at radius 2 is 2.00 bits per heavy atom. The van der Waals surface area contributed by atoms with Gasteiger partial charge in [-0.1, -0.05) is 18.2 Å². The maximum Gasteiger partial charge on any atom is 0.148 e. The number of aromatic nitrogens is 3. The standard InChI is InChI=1S/C13H12N4/c1-9-8-17(16-13(9)14)11-6-2-4-10-5-3-7-15-12(10)11/h2-8H,1H3,(H2,14,16). The second kappa shape index (κ2) is 3.59. The van der Waals surface area contributed by atoms with Gasteiger partial charge in [0, 0.05) is 23.3 Å². The quantitative estimate of drug-likeness (QED) is 0.690. The van der Waals surface area contributed by atoms with Crippen LogP contribution in [-0.4, -0.2) is 14.8 Å². The molecule has 17 heavy (non-hydrogen) atoms. The van der Waals surface area contributed by atoms with Crippen molar-refractivity contribution in [3.8, 4) is 5.69 Å². The maximum atomic E-state index is 5.77. The van der Waals surface area contributed by atoms with Crippen LogP contribution < -0.4 is 5.73 Å². The molecule has 0 saturated carbocycles. The summed E-state index contributed by atoms with van der Waals surface area (Å²) in [5, 5.41) is 5.38. The summed E-state index contributed by atoms with van der Waals surface area (Å²) in [7, 11) is 0. The Balaban J connectivity index is 2.30. The van der Waals surface area contributed by atoms with E-state index >= 15 is 0 Å². The minimum absolute atomic E-state index is 0.554. The van der Waals surface area contributed by atoms with Gasteiger partial charge in [0.1, 0.15) is 5.82 Å². The van der Waals surface area contributed by atoms with Crippen LogP contribution in [0.3, 0.4) is 0 Å². The van der Waals surface area contributed by atoms with E-state index in [9.17, 15) is 0 Å². The molecule has 0 aliphatic heterocycles. The van der Waals surface area contributed by atoms with Crippen molar-refractivity contribution in [2.75, 3.05) is 5.73 Å². The van der Waals surface area contributed by atoms with Gasteiger partial charge in [-0.3, -0.25) is 4.98 Å². The molecule has 0 spiro atoms. The number of rotatable bonds is 1. The Kier molecular flexibility index (Phi) is 2.08. The molecule has 1 aromatic carbocycles. The Bertz CT molecular complexity index is 660. The van der Waals surface area contributed by atoms with E-state index in [-0.39, 0.29) is 0 Å². The average molecular weight is 224 g/mol. The van der Waals surface area contributed by atoms with E-state index < -0.39 is 0 Å². The van der Waals surface area contributed by atoms with E-state index in [4.69, 9.17) is 5.73 Å². The van der Waals surface area contributed by atoms with Gasteiger partial charge in [-0.2, -0.15) is 5.10 Å². The van der Waals surface area contributed by atoms with Crippen LogP contribution in [0, 0.1) is 6.92 Å². The van der Waals surface area contributed by atoms with E-state index in [1.54, 1.807) is 10.9 Å². The van der Waals surface area contributed by atoms with Gasteiger partial charge in [-0.15, -0.1) is 0 Å². The third-order valence-corrected chi connectivity index (χ3v) is 2.79. The molecule has 0 saturated heterocycles. The second-order valence-electron chi connectivity index (χ2n) is 3.99. The second-order valence-corrected chi connectivity index (χ2v) is 3.99. The zero-order valence-corrected chi connectivity index (χ0v) is 9.46. The van der Waals surface area contributed by atoms with Crippen LogP contribution in [0.4, 0.5) is 5.82 Å². The predicted molar refractivity (Wildman–Crippen MR) is 68.0 cm³/mol. The monoisotopic (exact) mass is 224 g/mol. The lowest BCUT2D eigenvalue weighted by Gasteiger charge is -2.04. The predicted octanol–water partition coefficient (Wildman–Crippen LogP) is 2.31. The molecular weight excluding hydrogens is 212 g/mol. The lowest BCUT2D eigenvalue weighted by Crippen LogP contribution is -1.98. The summed E-state index contributed by atoms with van der Waals surface area (Å²) in [4.78, 5) is 4.39. The molecule has 4 heteroatoms. The number of nitrogens with two attached hydrogens (primary N) is 1. The molecule has 0 aliphatic rings. The van der Waals surface area contributed by atoms with Gasteiger partial charge in [0.2, 0.25) is 0 Å². The molecule has 84 valence electrons. The van der Waals surface area contributed by atoms with Crippen molar-refractivity contribution in [2.24, 2.45) is 0 Å². The first-order valence-corrected chi connectivity index (χ1v) is 5.41. The third kappa shape index (κ3) is 1.54. The largest absolute Gasteiger partial charge is 0.382 e. The lowest BCUT2D eigenvalue weighted by atomic mass is 10.2. The van der Waals surface area contributed by atoms with Crippen LogP contribution >= 0.6 is 0 Å². The molecule has 0 amide bonds. The number of hydrogen-bond acceptors (Lipinski definition) is 3. The molecule has 0 aliphatic carbocycles. The molecule has 0 unspecified atom stereocenters. The summed E-state index contributed by atoms with van der Waals surface area (Å²) in [5.41, 5.74) is 8.62. The highest BCUT2D eigenvalue weighted by Gasteiger charge is 2.07. The molecule has 3 rings (SSSR count). The van der Waals surface area contributed by atoms with Gasteiger partial charge in [0.15, 0.2) is 0 Å². The molecule has 0 bridgehead atoms.